The van der Waals surface area contributed by atoms with Crippen molar-refractivity contribution < 1.29 is 23.1 Å². The summed E-state index contributed by atoms with van der Waals surface area (Å²) < 4.78 is 31.8. The number of halogens is 2. The van der Waals surface area contributed by atoms with Gasteiger partial charge in [-0.1, -0.05) is 0 Å². The van der Waals surface area contributed by atoms with Crippen molar-refractivity contribution in [1.29, 1.82) is 0 Å². The standard InChI is InChI=1S/C24H19F2N3O3S/c1-32-20-12-10-19(11-13-20)29-23(31)21(14-22(30)27-17-6-2-15(25)3-7-17)28(24(29)33)18-8-4-16(26)5-9-18/h2-13,21H,14H2,1H3,(H,27,30)/t21-/m1/s1. The Morgan fingerprint density at radius 3 is 2.06 bits per heavy atom. The number of anilines is 3. The third-order valence-electron chi connectivity index (χ3n) is 5.16. The number of amides is 2. The van der Waals surface area contributed by atoms with E-state index in [0.717, 1.165) is 0 Å². The fraction of sp³-hybridized carbons (Fsp3) is 0.125. The lowest BCUT2D eigenvalue weighted by atomic mass is 10.1. The number of methoxy groups -OCH3 is 1. The summed E-state index contributed by atoms with van der Waals surface area (Å²) in [5.74, 6) is -1.10. The molecule has 168 valence electrons. The van der Waals surface area contributed by atoms with E-state index in [2.05, 4.69) is 5.32 Å². The lowest BCUT2D eigenvalue weighted by molar-refractivity contribution is -0.122. The molecule has 1 saturated heterocycles. The number of carbonyl (C=O) groups excluding carboxylic acids is 2. The number of hydrogen-bond donors (Lipinski definition) is 1. The van der Waals surface area contributed by atoms with Crippen LogP contribution in [-0.2, 0) is 9.59 Å². The van der Waals surface area contributed by atoms with Gasteiger partial charge in [0.2, 0.25) is 5.91 Å². The van der Waals surface area contributed by atoms with Gasteiger partial charge in [-0.3, -0.25) is 14.5 Å². The monoisotopic (exact) mass is 467 g/mol. The molecule has 1 aliphatic rings. The molecule has 1 aliphatic heterocycles. The van der Waals surface area contributed by atoms with Crippen molar-refractivity contribution in [2.75, 3.05) is 22.2 Å². The number of nitrogens with zero attached hydrogens (tertiary/aromatic N) is 2. The van der Waals surface area contributed by atoms with Gasteiger partial charge >= 0.3 is 0 Å². The predicted molar refractivity (Wildman–Crippen MR) is 125 cm³/mol. The van der Waals surface area contributed by atoms with E-state index in [1.807, 2.05) is 0 Å². The first kappa shape index (κ1) is 22.3. The molecule has 0 unspecified atom stereocenters. The maximum Gasteiger partial charge on any atom is 0.257 e. The van der Waals surface area contributed by atoms with Gasteiger partial charge in [-0.25, -0.2) is 8.78 Å². The average molecular weight is 467 g/mol. The minimum atomic E-state index is -0.953. The van der Waals surface area contributed by atoms with Crippen LogP contribution in [-0.4, -0.2) is 30.1 Å². The van der Waals surface area contributed by atoms with Crippen LogP contribution < -0.4 is 19.9 Å². The maximum absolute atomic E-state index is 13.5. The first-order chi connectivity index (χ1) is 15.9. The summed E-state index contributed by atoms with van der Waals surface area (Å²) in [4.78, 5) is 29.0. The summed E-state index contributed by atoms with van der Waals surface area (Å²) in [6.07, 6.45) is -0.222. The second-order valence-corrected chi connectivity index (χ2v) is 7.64. The SMILES string of the molecule is COc1ccc(N2C(=O)[C@@H](CC(=O)Nc3ccc(F)cc3)N(c3ccc(F)cc3)C2=S)cc1. The highest BCUT2D eigenvalue weighted by molar-refractivity contribution is 7.81. The van der Waals surface area contributed by atoms with Gasteiger partial charge in [0.05, 0.1) is 19.2 Å². The number of benzene rings is 3. The van der Waals surface area contributed by atoms with E-state index < -0.39 is 29.5 Å². The molecule has 9 heteroatoms. The third kappa shape index (κ3) is 4.68. The normalized spacial score (nSPS) is 15.7. The number of hydrogen-bond acceptors (Lipinski definition) is 4. The van der Waals surface area contributed by atoms with E-state index in [9.17, 15) is 18.4 Å². The van der Waals surface area contributed by atoms with Crippen LogP contribution in [0.15, 0.2) is 72.8 Å². The second kappa shape index (κ2) is 9.33. The molecule has 33 heavy (non-hydrogen) atoms. The predicted octanol–water partition coefficient (Wildman–Crippen LogP) is 4.51. The van der Waals surface area contributed by atoms with Crippen molar-refractivity contribution in [3.05, 3.63) is 84.4 Å². The van der Waals surface area contributed by atoms with Gasteiger partial charge in [-0.05, 0) is 85.0 Å². The van der Waals surface area contributed by atoms with E-state index in [1.54, 1.807) is 24.3 Å². The molecule has 3 aromatic rings. The van der Waals surface area contributed by atoms with E-state index in [-0.39, 0.29) is 11.5 Å². The van der Waals surface area contributed by atoms with Crippen LogP contribution in [0, 0.1) is 11.6 Å². The molecular formula is C24H19F2N3O3S. The Hall–Kier alpha value is -3.85. The van der Waals surface area contributed by atoms with Crippen LogP contribution in [0.4, 0.5) is 25.8 Å². The van der Waals surface area contributed by atoms with Crippen molar-refractivity contribution in [3.8, 4) is 5.75 Å². The van der Waals surface area contributed by atoms with Crippen molar-refractivity contribution in [3.63, 3.8) is 0 Å². The zero-order valence-corrected chi connectivity index (χ0v) is 18.3. The molecule has 0 radical (unpaired) electrons. The minimum absolute atomic E-state index is 0.163. The number of thiocarbonyl (C=S) groups is 1. The summed E-state index contributed by atoms with van der Waals surface area (Å²) in [5.41, 5.74) is 1.39. The van der Waals surface area contributed by atoms with E-state index >= 15 is 0 Å². The summed E-state index contributed by atoms with van der Waals surface area (Å²) in [5, 5.41) is 2.82. The summed E-state index contributed by atoms with van der Waals surface area (Å²) in [6.45, 7) is 0. The van der Waals surface area contributed by atoms with E-state index in [0.29, 0.717) is 22.8 Å². The first-order valence-electron chi connectivity index (χ1n) is 9.99. The van der Waals surface area contributed by atoms with Crippen molar-refractivity contribution in [2.24, 2.45) is 0 Å². The highest BCUT2D eigenvalue weighted by atomic mass is 32.1. The molecular weight excluding hydrogens is 448 g/mol. The van der Waals surface area contributed by atoms with Crippen LogP contribution in [0.5, 0.6) is 5.75 Å². The van der Waals surface area contributed by atoms with Crippen LogP contribution in [0.3, 0.4) is 0 Å². The van der Waals surface area contributed by atoms with Crippen LogP contribution in [0.1, 0.15) is 6.42 Å². The second-order valence-electron chi connectivity index (χ2n) is 7.28. The molecule has 3 aromatic carbocycles. The summed E-state index contributed by atoms with van der Waals surface area (Å²) in [6, 6.07) is 16.6. The van der Waals surface area contributed by atoms with E-state index in [1.165, 1.54) is 65.4 Å². The third-order valence-corrected chi connectivity index (χ3v) is 5.54. The largest absolute Gasteiger partial charge is 0.497 e. The molecule has 0 aliphatic carbocycles. The van der Waals surface area contributed by atoms with Crippen molar-refractivity contribution >= 4 is 46.2 Å². The molecule has 2 amide bonds. The Morgan fingerprint density at radius 2 is 1.48 bits per heavy atom. The highest BCUT2D eigenvalue weighted by Crippen LogP contribution is 2.32. The Morgan fingerprint density at radius 1 is 0.939 bits per heavy atom. The van der Waals surface area contributed by atoms with Crippen LogP contribution in [0.25, 0.3) is 0 Å². The molecule has 1 N–H and O–H groups in total. The van der Waals surface area contributed by atoms with Gasteiger partial charge in [0, 0.05) is 11.4 Å². The van der Waals surface area contributed by atoms with Crippen LogP contribution >= 0.6 is 12.2 Å². The number of nitrogens with one attached hydrogen (secondary N) is 1. The van der Waals surface area contributed by atoms with Gasteiger partial charge in [0.25, 0.3) is 5.91 Å². The Labute approximate surface area is 194 Å². The number of carbonyl (C=O) groups is 2. The van der Waals surface area contributed by atoms with Gasteiger partial charge < -0.3 is 15.0 Å². The number of ether oxygens (including phenoxy) is 1. The topological polar surface area (TPSA) is 61.9 Å². The molecule has 6 nitrogen and oxygen atoms in total. The fourth-order valence-electron chi connectivity index (χ4n) is 3.56. The quantitative estimate of drug-likeness (QED) is 0.541. The number of rotatable bonds is 6. The maximum atomic E-state index is 13.5. The average Bonchev–Trinajstić information content (AvgIpc) is 3.05. The molecule has 0 spiro atoms. The first-order valence-corrected chi connectivity index (χ1v) is 10.4. The zero-order valence-electron chi connectivity index (χ0n) is 17.5. The molecule has 0 bridgehead atoms. The Bertz CT molecular complexity index is 1190. The van der Waals surface area contributed by atoms with Gasteiger partial charge in [-0.2, -0.15) is 0 Å². The molecule has 4 rings (SSSR count). The summed E-state index contributed by atoms with van der Waals surface area (Å²) in [7, 11) is 1.53. The lowest BCUT2D eigenvalue weighted by Gasteiger charge is -2.24. The molecule has 0 aromatic heterocycles. The zero-order chi connectivity index (χ0) is 23.5. The van der Waals surface area contributed by atoms with Gasteiger partial charge in [0.15, 0.2) is 5.11 Å². The van der Waals surface area contributed by atoms with Crippen molar-refractivity contribution in [2.45, 2.75) is 12.5 Å². The molecule has 0 saturated carbocycles. The van der Waals surface area contributed by atoms with Gasteiger partial charge in [-0.15, -0.1) is 0 Å². The highest BCUT2D eigenvalue weighted by Gasteiger charge is 2.45. The molecule has 1 fully saturated rings. The Balaban J connectivity index is 1.64. The minimum Gasteiger partial charge on any atom is -0.497 e. The lowest BCUT2D eigenvalue weighted by Crippen LogP contribution is -2.38. The Kier molecular flexibility index (Phi) is 6.32. The summed E-state index contributed by atoms with van der Waals surface area (Å²) >= 11 is 5.60. The smallest absolute Gasteiger partial charge is 0.257 e. The van der Waals surface area contributed by atoms with Crippen LogP contribution in [0.2, 0.25) is 0 Å². The molecule has 1 atom stereocenters. The fourth-order valence-corrected chi connectivity index (χ4v) is 3.98. The molecule has 1 heterocycles. The van der Waals surface area contributed by atoms with Crippen molar-refractivity contribution in [1.82, 2.24) is 0 Å². The van der Waals surface area contributed by atoms with Gasteiger partial charge in [0.1, 0.15) is 23.4 Å². The van der Waals surface area contributed by atoms with E-state index in [4.69, 9.17) is 17.0 Å².